The van der Waals surface area contributed by atoms with Crippen molar-refractivity contribution in [2.24, 2.45) is 0 Å². The Hall–Kier alpha value is -2.67. The molecule has 2 aromatic rings. The monoisotopic (exact) mass is 431 g/mol. The molecule has 0 saturated carbocycles. The van der Waals surface area contributed by atoms with Crippen LogP contribution in [0, 0.1) is 12.7 Å². The number of thiophene rings is 1. The molecule has 0 saturated heterocycles. The predicted octanol–water partition coefficient (Wildman–Crippen LogP) is 4.72. The second-order valence-corrected chi connectivity index (χ2v) is 9.25. The summed E-state index contributed by atoms with van der Waals surface area (Å²) in [4.78, 5) is 30.1. The van der Waals surface area contributed by atoms with Crippen molar-refractivity contribution in [1.82, 2.24) is 15.1 Å². The van der Waals surface area contributed by atoms with Gasteiger partial charge >= 0.3 is 6.03 Å². The first-order chi connectivity index (χ1) is 14.1. The highest BCUT2D eigenvalue weighted by Gasteiger charge is 2.24. The van der Waals surface area contributed by atoms with E-state index in [0.29, 0.717) is 13.1 Å². The number of rotatable bonds is 8. The fourth-order valence-electron chi connectivity index (χ4n) is 2.82. The first-order valence-corrected chi connectivity index (χ1v) is 10.7. The number of carbonyl (C=O) groups is 2. The number of nitrogens with one attached hydrogen (secondary N) is 1. The number of amides is 3. The van der Waals surface area contributed by atoms with Crippen LogP contribution in [0.1, 0.15) is 36.8 Å². The summed E-state index contributed by atoms with van der Waals surface area (Å²) in [6.45, 7) is 12.3. The van der Waals surface area contributed by atoms with Crippen LogP contribution >= 0.6 is 11.3 Å². The van der Waals surface area contributed by atoms with Gasteiger partial charge in [-0.1, -0.05) is 18.2 Å². The second-order valence-electron chi connectivity index (χ2n) is 8.25. The smallest absolute Gasteiger partial charge is 0.318 e. The highest BCUT2D eigenvalue weighted by molar-refractivity contribution is 7.10. The maximum absolute atomic E-state index is 13.3. The molecule has 1 N–H and O–H groups in total. The highest BCUT2D eigenvalue weighted by Crippen LogP contribution is 2.20. The van der Waals surface area contributed by atoms with E-state index in [1.807, 2.05) is 39.1 Å². The van der Waals surface area contributed by atoms with Gasteiger partial charge in [-0.2, -0.15) is 0 Å². The Balaban J connectivity index is 2.20. The van der Waals surface area contributed by atoms with Crippen LogP contribution in [0.5, 0.6) is 0 Å². The molecule has 1 aromatic heterocycles. The lowest BCUT2D eigenvalue weighted by atomic mass is 10.1. The third kappa shape index (κ3) is 7.30. The average molecular weight is 432 g/mol. The molecule has 7 heteroatoms. The van der Waals surface area contributed by atoms with Gasteiger partial charge in [-0.15, -0.1) is 17.9 Å². The number of aryl methyl sites for hydroxylation is 1. The van der Waals surface area contributed by atoms with Gasteiger partial charge in [0, 0.05) is 23.5 Å². The van der Waals surface area contributed by atoms with Gasteiger partial charge < -0.3 is 15.1 Å². The van der Waals surface area contributed by atoms with Gasteiger partial charge in [-0.25, -0.2) is 9.18 Å². The van der Waals surface area contributed by atoms with E-state index >= 15 is 0 Å². The molecule has 162 valence electrons. The van der Waals surface area contributed by atoms with Crippen LogP contribution < -0.4 is 5.32 Å². The number of hydrogen-bond acceptors (Lipinski definition) is 3. The van der Waals surface area contributed by atoms with Gasteiger partial charge in [0.05, 0.1) is 6.54 Å². The molecule has 0 aliphatic carbocycles. The molecule has 3 amide bonds. The van der Waals surface area contributed by atoms with Crippen molar-refractivity contribution in [3.63, 3.8) is 0 Å². The molecule has 0 atom stereocenters. The summed E-state index contributed by atoms with van der Waals surface area (Å²) in [6.07, 6.45) is 1.60. The molecule has 0 aliphatic heterocycles. The van der Waals surface area contributed by atoms with Crippen molar-refractivity contribution in [2.45, 2.75) is 46.3 Å². The number of carbonyl (C=O) groups excluding carboxylic acids is 2. The molecule has 0 spiro atoms. The number of hydrogen-bond donors (Lipinski definition) is 1. The Labute approximate surface area is 182 Å². The zero-order chi connectivity index (χ0) is 22.3. The third-order valence-corrected chi connectivity index (χ3v) is 5.39. The third-order valence-electron chi connectivity index (χ3n) is 4.39. The maximum Gasteiger partial charge on any atom is 0.318 e. The van der Waals surface area contributed by atoms with E-state index in [1.165, 1.54) is 17.0 Å². The SMILES string of the molecule is C=CCN(CC(=O)N(Cc1ccc(F)cc1)Cc1sccc1C)C(=O)NC(C)(C)C. The fourth-order valence-corrected chi connectivity index (χ4v) is 3.74. The Kier molecular flexibility index (Phi) is 8.17. The lowest BCUT2D eigenvalue weighted by Crippen LogP contribution is -2.51. The van der Waals surface area contributed by atoms with Crippen LogP contribution in [-0.4, -0.2) is 40.4 Å². The van der Waals surface area contributed by atoms with Crippen LogP contribution in [0.3, 0.4) is 0 Å². The quantitative estimate of drug-likeness (QED) is 0.615. The standard InChI is InChI=1S/C23H30FN3O2S/c1-6-12-26(22(29)25-23(3,4)5)16-21(28)27(15-20-17(2)11-13-30-20)14-18-7-9-19(24)10-8-18/h6-11,13H,1,12,14-16H2,2-5H3,(H,25,29). The maximum atomic E-state index is 13.3. The zero-order valence-corrected chi connectivity index (χ0v) is 18.9. The minimum atomic E-state index is -0.415. The van der Waals surface area contributed by atoms with Crippen molar-refractivity contribution >= 4 is 23.3 Å². The Morgan fingerprint density at radius 2 is 1.80 bits per heavy atom. The van der Waals surface area contributed by atoms with Gasteiger partial charge in [0.25, 0.3) is 0 Å². The Bertz CT molecular complexity index is 871. The summed E-state index contributed by atoms with van der Waals surface area (Å²) >= 11 is 1.59. The molecule has 1 aromatic carbocycles. The molecule has 30 heavy (non-hydrogen) atoms. The number of halogens is 1. The van der Waals surface area contributed by atoms with E-state index in [4.69, 9.17) is 0 Å². The Morgan fingerprint density at radius 1 is 1.13 bits per heavy atom. The van der Waals surface area contributed by atoms with Crippen LogP contribution in [0.25, 0.3) is 0 Å². The van der Waals surface area contributed by atoms with Gasteiger partial charge in [-0.3, -0.25) is 4.79 Å². The topological polar surface area (TPSA) is 52.7 Å². The highest BCUT2D eigenvalue weighted by atomic mass is 32.1. The molecule has 0 unspecified atom stereocenters. The number of nitrogens with zero attached hydrogens (tertiary/aromatic N) is 2. The first kappa shape index (κ1) is 23.6. The molecule has 0 bridgehead atoms. The number of benzene rings is 1. The van der Waals surface area contributed by atoms with Gasteiger partial charge in [-0.05, 0) is 62.4 Å². The summed E-state index contributed by atoms with van der Waals surface area (Å²) in [5.41, 5.74) is 1.53. The molecular formula is C23H30FN3O2S. The van der Waals surface area contributed by atoms with Crippen molar-refractivity contribution in [3.05, 3.63) is 70.2 Å². The number of urea groups is 1. The molecular weight excluding hydrogens is 401 g/mol. The second kappa shape index (κ2) is 10.4. The van der Waals surface area contributed by atoms with E-state index in [-0.39, 0.29) is 30.8 Å². The fraction of sp³-hybridized carbons (Fsp3) is 0.391. The van der Waals surface area contributed by atoms with Crippen LogP contribution in [0.4, 0.5) is 9.18 Å². The van der Waals surface area contributed by atoms with Crippen molar-refractivity contribution < 1.29 is 14.0 Å². The molecule has 5 nitrogen and oxygen atoms in total. The van der Waals surface area contributed by atoms with Crippen LogP contribution in [-0.2, 0) is 17.9 Å². The minimum absolute atomic E-state index is 0.0699. The van der Waals surface area contributed by atoms with Crippen LogP contribution in [0.2, 0.25) is 0 Å². The van der Waals surface area contributed by atoms with Crippen molar-refractivity contribution in [2.75, 3.05) is 13.1 Å². The van der Waals surface area contributed by atoms with E-state index in [9.17, 15) is 14.0 Å². The zero-order valence-electron chi connectivity index (χ0n) is 18.1. The first-order valence-electron chi connectivity index (χ1n) is 9.82. The van der Waals surface area contributed by atoms with Crippen LogP contribution in [0.15, 0.2) is 48.4 Å². The molecule has 2 rings (SSSR count). The average Bonchev–Trinajstić information content (AvgIpc) is 3.05. The van der Waals surface area contributed by atoms with Gasteiger partial charge in [0.15, 0.2) is 0 Å². The predicted molar refractivity (Wildman–Crippen MR) is 120 cm³/mol. The lowest BCUT2D eigenvalue weighted by molar-refractivity contribution is -0.133. The summed E-state index contributed by atoms with van der Waals surface area (Å²) in [6, 6.07) is 7.81. The normalized spacial score (nSPS) is 11.1. The molecule has 0 fully saturated rings. The van der Waals surface area contributed by atoms with E-state index in [2.05, 4.69) is 11.9 Å². The summed E-state index contributed by atoms with van der Waals surface area (Å²) in [7, 11) is 0. The Morgan fingerprint density at radius 3 is 2.33 bits per heavy atom. The molecule has 0 aliphatic rings. The van der Waals surface area contributed by atoms with Gasteiger partial charge in [0.1, 0.15) is 12.4 Å². The van der Waals surface area contributed by atoms with Crippen molar-refractivity contribution in [3.8, 4) is 0 Å². The van der Waals surface area contributed by atoms with Crippen molar-refractivity contribution in [1.29, 1.82) is 0 Å². The summed E-state index contributed by atoms with van der Waals surface area (Å²) < 4.78 is 13.3. The molecule has 1 heterocycles. The lowest BCUT2D eigenvalue weighted by Gasteiger charge is -2.30. The summed E-state index contributed by atoms with van der Waals surface area (Å²) in [5.74, 6) is -0.500. The van der Waals surface area contributed by atoms with E-state index in [0.717, 1.165) is 16.0 Å². The van der Waals surface area contributed by atoms with E-state index < -0.39 is 5.54 Å². The summed E-state index contributed by atoms with van der Waals surface area (Å²) in [5, 5.41) is 4.88. The molecule has 0 radical (unpaired) electrons. The van der Waals surface area contributed by atoms with Gasteiger partial charge in [0.2, 0.25) is 5.91 Å². The minimum Gasteiger partial charge on any atom is -0.333 e. The largest absolute Gasteiger partial charge is 0.333 e. The van der Waals surface area contributed by atoms with E-state index in [1.54, 1.807) is 34.4 Å².